The summed E-state index contributed by atoms with van der Waals surface area (Å²) in [5.41, 5.74) is 6.52. The van der Waals surface area contributed by atoms with Crippen LogP contribution in [-0.4, -0.2) is 16.5 Å². The highest BCUT2D eigenvalue weighted by atomic mass is 16.6. The van der Waals surface area contributed by atoms with Crippen LogP contribution in [0.3, 0.4) is 0 Å². The first-order valence-corrected chi connectivity index (χ1v) is 6.87. The molecule has 0 bridgehead atoms. The first-order valence-electron chi connectivity index (χ1n) is 6.87. The van der Waals surface area contributed by atoms with Crippen LogP contribution in [0.1, 0.15) is 19.8 Å². The number of unbranched alkanes of at least 4 members (excludes halogenated alkanes) is 1. The van der Waals surface area contributed by atoms with Crippen LogP contribution in [0.2, 0.25) is 0 Å². The fourth-order valence-corrected chi connectivity index (χ4v) is 2.06. The summed E-state index contributed by atoms with van der Waals surface area (Å²) in [4.78, 5) is 16.5. The minimum Gasteiger partial charge on any atom is -0.378 e. The molecule has 0 fully saturated rings. The van der Waals surface area contributed by atoms with Crippen LogP contribution in [0, 0.1) is 10.1 Å². The van der Waals surface area contributed by atoms with Crippen molar-refractivity contribution in [2.75, 3.05) is 17.2 Å². The van der Waals surface area contributed by atoms with Gasteiger partial charge in [-0.05, 0) is 24.6 Å². The van der Waals surface area contributed by atoms with E-state index in [1.54, 1.807) is 6.07 Å². The lowest BCUT2D eigenvalue weighted by atomic mass is 10.2. The van der Waals surface area contributed by atoms with Gasteiger partial charge in [0.15, 0.2) is 0 Å². The van der Waals surface area contributed by atoms with Gasteiger partial charge in [0, 0.05) is 18.3 Å². The van der Waals surface area contributed by atoms with Crippen molar-refractivity contribution in [3.05, 3.63) is 52.6 Å². The second-order valence-electron chi connectivity index (χ2n) is 4.67. The average molecular weight is 286 g/mol. The summed E-state index contributed by atoms with van der Waals surface area (Å²) < 4.78 is 0. The predicted molar refractivity (Wildman–Crippen MR) is 83.7 cm³/mol. The van der Waals surface area contributed by atoms with Crippen molar-refractivity contribution in [2.45, 2.75) is 19.8 Å². The molecule has 6 nitrogen and oxygen atoms in total. The average Bonchev–Trinajstić information content (AvgIpc) is 2.48. The molecule has 0 radical (unpaired) electrons. The molecule has 0 atom stereocenters. The van der Waals surface area contributed by atoms with Crippen LogP contribution >= 0.6 is 0 Å². The molecule has 0 spiro atoms. The largest absolute Gasteiger partial charge is 0.378 e. The Kier molecular flexibility index (Phi) is 4.71. The molecular formula is C15H18N4O2. The van der Waals surface area contributed by atoms with Crippen LogP contribution in [0.25, 0.3) is 0 Å². The van der Waals surface area contributed by atoms with Crippen LogP contribution in [0.4, 0.5) is 23.0 Å². The summed E-state index contributed by atoms with van der Waals surface area (Å²) in [6, 6.07) is 12.8. The molecule has 0 aliphatic heterocycles. The number of hydrogen-bond acceptors (Lipinski definition) is 5. The molecule has 1 aromatic carbocycles. The van der Waals surface area contributed by atoms with Crippen LogP contribution in [-0.2, 0) is 0 Å². The normalized spacial score (nSPS) is 10.3. The molecule has 0 aliphatic rings. The summed E-state index contributed by atoms with van der Waals surface area (Å²) in [5, 5.41) is 10.8. The smallest absolute Gasteiger partial charge is 0.311 e. The van der Waals surface area contributed by atoms with Crippen molar-refractivity contribution in [1.82, 2.24) is 4.98 Å². The molecule has 1 aromatic heterocycles. The van der Waals surface area contributed by atoms with Gasteiger partial charge in [0.25, 0.3) is 0 Å². The lowest BCUT2D eigenvalue weighted by Gasteiger charge is -2.23. The Labute approximate surface area is 123 Å². The van der Waals surface area contributed by atoms with E-state index in [4.69, 9.17) is 5.73 Å². The fraction of sp³-hybridized carbons (Fsp3) is 0.267. The molecule has 0 unspecified atom stereocenters. The summed E-state index contributed by atoms with van der Waals surface area (Å²) >= 11 is 0. The van der Waals surface area contributed by atoms with Crippen molar-refractivity contribution in [3.63, 3.8) is 0 Å². The van der Waals surface area contributed by atoms with Gasteiger partial charge < -0.3 is 10.6 Å². The first kappa shape index (κ1) is 14.8. The van der Waals surface area contributed by atoms with E-state index < -0.39 is 4.92 Å². The third kappa shape index (κ3) is 3.47. The minimum absolute atomic E-state index is 0.0603. The zero-order valence-electron chi connectivity index (χ0n) is 11.9. The monoisotopic (exact) mass is 286 g/mol. The molecule has 0 saturated heterocycles. The fourth-order valence-electron chi connectivity index (χ4n) is 2.06. The van der Waals surface area contributed by atoms with E-state index in [2.05, 4.69) is 11.9 Å². The van der Waals surface area contributed by atoms with Crippen LogP contribution in [0.15, 0.2) is 42.5 Å². The number of nitrogens with two attached hydrogens (primary N) is 1. The van der Waals surface area contributed by atoms with Crippen molar-refractivity contribution >= 4 is 23.0 Å². The Balaban J connectivity index is 2.37. The number of aromatic nitrogens is 1. The van der Waals surface area contributed by atoms with E-state index in [1.165, 1.54) is 6.07 Å². The van der Waals surface area contributed by atoms with Crippen LogP contribution < -0.4 is 10.6 Å². The maximum Gasteiger partial charge on any atom is 0.311 e. The summed E-state index contributed by atoms with van der Waals surface area (Å²) in [6.45, 7) is 2.89. The molecule has 1 heterocycles. The van der Waals surface area contributed by atoms with E-state index in [0.29, 0.717) is 5.82 Å². The number of hydrogen-bond donors (Lipinski definition) is 1. The summed E-state index contributed by atoms with van der Waals surface area (Å²) in [6.07, 6.45) is 2.04. The van der Waals surface area contributed by atoms with E-state index in [0.717, 1.165) is 25.1 Å². The second kappa shape index (κ2) is 6.69. The highest BCUT2D eigenvalue weighted by Gasteiger charge is 2.16. The van der Waals surface area contributed by atoms with Gasteiger partial charge >= 0.3 is 5.69 Å². The standard InChI is InChI=1S/C15H18N4O2/c1-2-3-11-18(12-7-5-4-6-8-12)14-10-9-13(19(20)21)15(16)17-14/h4-10H,2-3,11H2,1H3,(H2,16,17). The second-order valence-corrected chi connectivity index (χ2v) is 4.67. The third-order valence-corrected chi connectivity index (χ3v) is 3.16. The SMILES string of the molecule is CCCCN(c1ccccc1)c1ccc([N+](=O)[O-])c(N)n1. The molecule has 2 N–H and O–H groups in total. The van der Waals surface area contributed by atoms with E-state index in [1.807, 2.05) is 35.2 Å². The molecule has 0 amide bonds. The first-order chi connectivity index (χ1) is 10.1. The molecule has 0 aliphatic carbocycles. The van der Waals surface area contributed by atoms with Gasteiger partial charge in [-0.1, -0.05) is 31.5 Å². The molecule has 110 valence electrons. The number of nitrogens with zero attached hydrogens (tertiary/aromatic N) is 3. The zero-order valence-corrected chi connectivity index (χ0v) is 11.9. The van der Waals surface area contributed by atoms with Gasteiger partial charge in [0.05, 0.1) is 4.92 Å². The van der Waals surface area contributed by atoms with Gasteiger partial charge in [0.1, 0.15) is 5.82 Å². The van der Waals surface area contributed by atoms with Crippen molar-refractivity contribution in [3.8, 4) is 0 Å². The Bertz CT molecular complexity index is 616. The minimum atomic E-state index is -0.523. The topological polar surface area (TPSA) is 85.3 Å². The molecule has 0 saturated carbocycles. The van der Waals surface area contributed by atoms with Gasteiger partial charge in [-0.25, -0.2) is 4.98 Å². The third-order valence-electron chi connectivity index (χ3n) is 3.16. The van der Waals surface area contributed by atoms with Crippen LogP contribution in [0.5, 0.6) is 0 Å². The Morgan fingerprint density at radius 3 is 2.52 bits per heavy atom. The molecule has 2 aromatic rings. The van der Waals surface area contributed by atoms with Gasteiger partial charge in [0.2, 0.25) is 5.82 Å². The molecule has 6 heteroatoms. The van der Waals surface area contributed by atoms with Gasteiger partial charge in [-0.2, -0.15) is 0 Å². The maximum atomic E-state index is 10.8. The number of anilines is 3. The maximum absolute atomic E-state index is 10.8. The quantitative estimate of drug-likeness (QED) is 0.648. The van der Waals surface area contributed by atoms with E-state index >= 15 is 0 Å². The molecule has 2 rings (SSSR count). The summed E-state index contributed by atoms with van der Waals surface area (Å²) in [7, 11) is 0. The molecular weight excluding hydrogens is 268 g/mol. The number of pyridine rings is 1. The van der Waals surface area contributed by atoms with Crippen molar-refractivity contribution < 1.29 is 4.92 Å². The Morgan fingerprint density at radius 2 is 1.95 bits per heavy atom. The highest BCUT2D eigenvalue weighted by molar-refractivity contribution is 5.64. The number of para-hydroxylation sites is 1. The van der Waals surface area contributed by atoms with Gasteiger partial charge in [-0.15, -0.1) is 0 Å². The zero-order chi connectivity index (χ0) is 15.2. The van der Waals surface area contributed by atoms with E-state index in [-0.39, 0.29) is 11.5 Å². The highest BCUT2D eigenvalue weighted by Crippen LogP contribution is 2.28. The number of rotatable bonds is 6. The number of nitro groups is 1. The van der Waals surface area contributed by atoms with Crippen molar-refractivity contribution in [1.29, 1.82) is 0 Å². The van der Waals surface area contributed by atoms with Crippen molar-refractivity contribution in [2.24, 2.45) is 0 Å². The van der Waals surface area contributed by atoms with Gasteiger partial charge in [-0.3, -0.25) is 10.1 Å². The Hall–Kier alpha value is -2.63. The lowest BCUT2D eigenvalue weighted by molar-refractivity contribution is -0.384. The van der Waals surface area contributed by atoms with E-state index in [9.17, 15) is 10.1 Å². The lowest BCUT2D eigenvalue weighted by Crippen LogP contribution is -2.20. The Morgan fingerprint density at radius 1 is 1.24 bits per heavy atom. The predicted octanol–water partition coefficient (Wildman–Crippen LogP) is 3.51. The number of benzene rings is 1. The number of nitrogen functional groups attached to an aromatic ring is 1. The summed E-state index contributed by atoms with van der Waals surface area (Å²) in [5.74, 6) is 0.563. The molecule has 21 heavy (non-hydrogen) atoms.